The van der Waals surface area contributed by atoms with Gasteiger partial charge in [-0.25, -0.2) is 4.98 Å². The topological polar surface area (TPSA) is 128 Å². The molecule has 43 heavy (non-hydrogen) atoms. The van der Waals surface area contributed by atoms with Crippen LogP contribution in [-0.4, -0.2) is 51.2 Å². The van der Waals surface area contributed by atoms with E-state index in [1.54, 1.807) is 51.0 Å². The fourth-order valence-electron chi connectivity index (χ4n) is 5.44. The third-order valence-corrected chi connectivity index (χ3v) is 8.30. The van der Waals surface area contributed by atoms with Crippen molar-refractivity contribution in [2.75, 3.05) is 39.7 Å². The van der Waals surface area contributed by atoms with Gasteiger partial charge in [0.1, 0.15) is 0 Å². The second kappa shape index (κ2) is 15.4. The Morgan fingerprint density at radius 1 is 1.02 bits per heavy atom. The van der Waals surface area contributed by atoms with Crippen LogP contribution in [0.25, 0.3) is 11.1 Å². The van der Waals surface area contributed by atoms with Crippen LogP contribution in [0, 0.1) is 0 Å². The molecule has 2 amide bonds. The molecule has 230 valence electrons. The standard InChI is InChI=1S/C32H40N4O6S/c1-20(37)36-24-11-9-21-18-27(40-2)31(41-3)32(42-4)30(21)22-10-12-25(26(38)19-23(22)24)33-14-7-5-6-8-28(39)34-15-13-29-35-16-17-43-29/h10,12,16-19,24H,5-9,11,13-15H2,1-4H3,(H,33,38)(H,34,39)(H,36,37)/t24-/m0/s1. The van der Waals surface area contributed by atoms with Crippen molar-refractivity contribution in [3.63, 3.8) is 0 Å². The van der Waals surface area contributed by atoms with Crippen molar-refractivity contribution in [3.8, 4) is 28.4 Å². The molecule has 0 bridgehead atoms. The zero-order chi connectivity index (χ0) is 30.8. The van der Waals surface area contributed by atoms with E-state index in [0.29, 0.717) is 55.3 Å². The predicted molar refractivity (Wildman–Crippen MR) is 168 cm³/mol. The van der Waals surface area contributed by atoms with Crippen LogP contribution in [0.4, 0.5) is 5.69 Å². The number of carbonyl (C=O) groups is 2. The quantitative estimate of drug-likeness (QED) is 0.226. The van der Waals surface area contributed by atoms with E-state index in [9.17, 15) is 14.4 Å². The molecule has 10 nitrogen and oxygen atoms in total. The number of carbonyl (C=O) groups excluding carboxylic acids is 2. The molecule has 0 spiro atoms. The highest BCUT2D eigenvalue weighted by Crippen LogP contribution is 2.50. The molecule has 0 fully saturated rings. The molecule has 3 N–H and O–H groups in total. The van der Waals surface area contributed by atoms with Gasteiger partial charge < -0.3 is 30.2 Å². The number of fused-ring (bicyclic) bond motifs is 3. The number of rotatable bonds is 14. The Bertz CT molecular complexity index is 1480. The minimum Gasteiger partial charge on any atom is -0.493 e. The van der Waals surface area contributed by atoms with Gasteiger partial charge in [-0.15, -0.1) is 11.3 Å². The lowest BCUT2D eigenvalue weighted by Gasteiger charge is -2.19. The van der Waals surface area contributed by atoms with Gasteiger partial charge in [0.2, 0.25) is 23.0 Å². The highest BCUT2D eigenvalue weighted by Gasteiger charge is 2.29. The van der Waals surface area contributed by atoms with E-state index in [-0.39, 0.29) is 23.3 Å². The number of thiazole rings is 1. The molecule has 1 heterocycles. The third kappa shape index (κ3) is 8.04. The van der Waals surface area contributed by atoms with E-state index in [2.05, 4.69) is 20.9 Å². The first-order chi connectivity index (χ1) is 20.9. The van der Waals surface area contributed by atoms with Crippen LogP contribution in [-0.2, 0) is 22.4 Å². The van der Waals surface area contributed by atoms with Gasteiger partial charge in [0.15, 0.2) is 11.5 Å². The average Bonchev–Trinajstić information content (AvgIpc) is 3.40. The minimum absolute atomic E-state index is 0.0432. The number of aryl methyl sites for hydroxylation is 1. The predicted octanol–water partition coefficient (Wildman–Crippen LogP) is 4.65. The first-order valence-electron chi connectivity index (χ1n) is 14.5. The molecule has 0 saturated heterocycles. The average molecular weight is 609 g/mol. The Labute approximate surface area is 256 Å². The van der Waals surface area contributed by atoms with Gasteiger partial charge in [0.25, 0.3) is 0 Å². The summed E-state index contributed by atoms with van der Waals surface area (Å²) in [6.45, 7) is 2.66. The lowest BCUT2D eigenvalue weighted by molar-refractivity contribution is -0.121. The molecule has 0 aliphatic heterocycles. The number of hydrogen-bond donors (Lipinski definition) is 3. The largest absolute Gasteiger partial charge is 0.493 e. The number of nitrogens with one attached hydrogen (secondary N) is 3. The zero-order valence-corrected chi connectivity index (χ0v) is 26.0. The van der Waals surface area contributed by atoms with Crippen LogP contribution >= 0.6 is 11.3 Å². The molecule has 4 rings (SSSR count). The van der Waals surface area contributed by atoms with E-state index in [1.165, 1.54) is 6.92 Å². The molecule has 0 saturated carbocycles. The number of benzene rings is 1. The van der Waals surface area contributed by atoms with E-state index in [0.717, 1.165) is 52.9 Å². The van der Waals surface area contributed by atoms with E-state index in [1.807, 2.05) is 17.5 Å². The number of aromatic nitrogens is 1. The molecule has 1 aliphatic rings. The Hall–Kier alpha value is -4.12. The number of unbranched alkanes of at least 4 members (excludes halogenated alkanes) is 2. The SMILES string of the molecule is COc1cc2c(c(OC)c1OC)-c1ccc(NCCCCCC(=O)NCCc3nccs3)c(=O)cc1[C@@H](NC(C)=O)CC2. The summed E-state index contributed by atoms with van der Waals surface area (Å²) in [5, 5.41) is 12.2. The van der Waals surface area contributed by atoms with Crippen LogP contribution in [0.1, 0.15) is 61.2 Å². The number of hydrogen-bond acceptors (Lipinski definition) is 9. The second-order valence-electron chi connectivity index (χ2n) is 10.4. The van der Waals surface area contributed by atoms with E-state index >= 15 is 0 Å². The summed E-state index contributed by atoms with van der Waals surface area (Å²) in [4.78, 5) is 41.9. The maximum atomic E-state index is 13.4. The Morgan fingerprint density at radius 2 is 1.84 bits per heavy atom. The number of ether oxygens (including phenoxy) is 3. The summed E-state index contributed by atoms with van der Waals surface area (Å²) in [5.74, 6) is 1.41. The summed E-state index contributed by atoms with van der Waals surface area (Å²) < 4.78 is 17.1. The molecule has 1 aromatic heterocycles. The normalized spacial score (nSPS) is 13.6. The molecule has 1 aliphatic carbocycles. The van der Waals surface area contributed by atoms with Crippen LogP contribution < -0.4 is 35.6 Å². The minimum atomic E-state index is -0.359. The number of amides is 2. The van der Waals surface area contributed by atoms with Gasteiger partial charge >= 0.3 is 0 Å². The highest BCUT2D eigenvalue weighted by molar-refractivity contribution is 7.09. The highest BCUT2D eigenvalue weighted by atomic mass is 32.1. The van der Waals surface area contributed by atoms with E-state index in [4.69, 9.17) is 14.2 Å². The van der Waals surface area contributed by atoms with Crippen LogP contribution in [0.5, 0.6) is 17.2 Å². The van der Waals surface area contributed by atoms with Gasteiger partial charge in [0.05, 0.1) is 38.1 Å². The van der Waals surface area contributed by atoms with Crippen molar-refractivity contribution in [2.24, 2.45) is 0 Å². The summed E-state index contributed by atoms with van der Waals surface area (Å²) >= 11 is 1.59. The summed E-state index contributed by atoms with van der Waals surface area (Å²) in [6.07, 6.45) is 6.66. The summed E-state index contributed by atoms with van der Waals surface area (Å²) in [5.41, 5.74) is 3.60. The molecular weight excluding hydrogens is 568 g/mol. The molecule has 0 unspecified atom stereocenters. The fourth-order valence-corrected chi connectivity index (χ4v) is 6.06. The number of anilines is 1. The zero-order valence-electron chi connectivity index (χ0n) is 25.2. The van der Waals surface area contributed by atoms with Crippen LogP contribution in [0.2, 0.25) is 0 Å². The van der Waals surface area contributed by atoms with E-state index < -0.39 is 0 Å². The summed E-state index contributed by atoms with van der Waals surface area (Å²) in [6, 6.07) is 6.87. The van der Waals surface area contributed by atoms with Gasteiger partial charge in [-0.3, -0.25) is 14.4 Å². The van der Waals surface area contributed by atoms with Crippen molar-refractivity contribution < 1.29 is 23.8 Å². The first kappa shape index (κ1) is 31.8. The molecule has 11 heteroatoms. The lowest BCUT2D eigenvalue weighted by atomic mass is 9.95. The summed E-state index contributed by atoms with van der Waals surface area (Å²) in [7, 11) is 4.72. The molecular formula is C32H40N4O6S. The Balaban J connectivity index is 1.47. The van der Waals surface area contributed by atoms with Gasteiger partial charge in [0, 0.05) is 50.0 Å². The Kier molecular flexibility index (Phi) is 11.4. The molecule has 2 aromatic carbocycles. The maximum absolute atomic E-state index is 13.4. The van der Waals surface area contributed by atoms with Crippen molar-refractivity contribution >= 4 is 28.8 Å². The van der Waals surface area contributed by atoms with Crippen molar-refractivity contribution in [3.05, 3.63) is 62.2 Å². The second-order valence-corrected chi connectivity index (χ2v) is 11.3. The van der Waals surface area contributed by atoms with Crippen LogP contribution in [0.15, 0.2) is 40.6 Å². The van der Waals surface area contributed by atoms with Gasteiger partial charge in [-0.1, -0.05) is 12.5 Å². The van der Waals surface area contributed by atoms with Crippen molar-refractivity contribution in [1.29, 1.82) is 0 Å². The number of methoxy groups -OCH3 is 3. The number of nitrogens with zero attached hydrogens (tertiary/aromatic N) is 1. The van der Waals surface area contributed by atoms with Crippen molar-refractivity contribution in [2.45, 2.75) is 57.9 Å². The third-order valence-electron chi connectivity index (χ3n) is 7.46. The van der Waals surface area contributed by atoms with Crippen LogP contribution in [0.3, 0.4) is 0 Å². The van der Waals surface area contributed by atoms with Gasteiger partial charge in [-0.05, 0) is 60.6 Å². The Morgan fingerprint density at radius 3 is 2.53 bits per heavy atom. The smallest absolute Gasteiger partial charge is 0.220 e. The monoisotopic (exact) mass is 608 g/mol. The fraction of sp³-hybridized carbons (Fsp3) is 0.438. The first-order valence-corrected chi connectivity index (χ1v) is 15.4. The maximum Gasteiger partial charge on any atom is 0.220 e. The lowest BCUT2D eigenvalue weighted by Crippen LogP contribution is -2.26. The molecule has 3 aromatic rings. The van der Waals surface area contributed by atoms with Crippen molar-refractivity contribution in [1.82, 2.24) is 15.6 Å². The molecule has 1 atom stereocenters. The molecule has 0 radical (unpaired) electrons. The van der Waals surface area contributed by atoms with Gasteiger partial charge in [-0.2, -0.15) is 0 Å².